The quantitative estimate of drug-likeness (QED) is 0.920. The van der Waals surface area contributed by atoms with Crippen LogP contribution in [0.5, 0.6) is 0 Å². The van der Waals surface area contributed by atoms with Gasteiger partial charge in [0, 0.05) is 45.0 Å². The molecular formula is C17H28N4O. The largest absolute Gasteiger partial charge is 0.368 e. The third-order valence-corrected chi connectivity index (χ3v) is 4.10. The first-order valence-electron chi connectivity index (χ1n) is 7.97. The topological polar surface area (TPSA) is 38.8 Å². The number of amides is 2. The van der Waals surface area contributed by atoms with Crippen molar-refractivity contribution in [2.45, 2.75) is 13.8 Å². The van der Waals surface area contributed by atoms with Crippen molar-refractivity contribution >= 4 is 11.7 Å². The van der Waals surface area contributed by atoms with Crippen LogP contribution in [0.1, 0.15) is 11.1 Å². The molecule has 1 aromatic rings. The van der Waals surface area contributed by atoms with E-state index >= 15 is 0 Å². The molecule has 1 heterocycles. The lowest BCUT2D eigenvalue weighted by Crippen LogP contribution is -2.52. The maximum atomic E-state index is 12.1. The number of likely N-dealkylation sites (N-methyl/N-ethyl adjacent to an activating group) is 1. The number of hydrogen-bond acceptors (Lipinski definition) is 3. The van der Waals surface area contributed by atoms with Gasteiger partial charge in [0.05, 0.1) is 0 Å². The fourth-order valence-electron chi connectivity index (χ4n) is 2.81. The van der Waals surface area contributed by atoms with Gasteiger partial charge in [-0.05, 0) is 39.6 Å². The number of nitrogens with zero attached hydrogens (tertiary/aromatic N) is 3. The molecule has 22 heavy (non-hydrogen) atoms. The van der Waals surface area contributed by atoms with Crippen molar-refractivity contribution in [2.24, 2.45) is 0 Å². The lowest BCUT2D eigenvalue weighted by molar-refractivity contribution is 0.193. The Balaban J connectivity index is 1.83. The Morgan fingerprint density at radius 2 is 1.86 bits per heavy atom. The van der Waals surface area contributed by atoms with Gasteiger partial charge in [-0.25, -0.2) is 4.79 Å². The Bertz CT molecular complexity index is 507. The summed E-state index contributed by atoms with van der Waals surface area (Å²) in [6, 6.07) is 6.62. The molecule has 2 amide bonds. The van der Waals surface area contributed by atoms with Crippen LogP contribution in [0.3, 0.4) is 0 Å². The number of rotatable bonds is 4. The van der Waals surface area contributed by atoms with Crippen molar-refractivity contribution in [3.8, 4) is 0 Å². The predicted molar refractivity (Wildman–Crippen MR) is 91.7 cm³/mol. The average molecular weight is 304 g/mol. The smallest absolute Gasteiger partial charge is 0.317 e. The van der Waals surface area contributed by atoms with Crippen LogP contribution in [-0.4, -0.2) is 69.2 Å². The van der Waals surface area contributed by atoms with E-state index in [1.165, 1.54) is 16.8 Å². The zero-order valence-electron chi connectivity index (χ0n) is 14.2. The highest BCUT2D eigenvalue weighted by atomic mass is 16.2. The molecule has 0 aliphatic carbocycles. The van der Waals surface area contributed by atoms with Crippen LogP contribution in [0.25, 0.3) is 0 Å². The van der Waals surface area contributed by atoms with Gasteiger partial charge in [-0.3, -0.25) is 0 Å². The maximum Gasteiger partial charge on any atom is 0.317 e. The van der Waals surface area contributed by atoms with Gasteiger partial charge in [-0.15, -0.1) is 0 Å². The van der Waals surface area contributed by atoms with E-state index in [1.54, 1.807) is 0 Å². The zero-order chi connectivity index (χ0) is 16.1. The Hall–Kier alpha value is -1.75. The summed E-state index contributed by atoms with van der Waals surface area (Å²) in [5, 5.41) is 2.98. The average Bonchev–Trinajstić information content (AvgIpc) is 2.47. The number of aryl methyl sites for hydroxylation is 2. The summed E-state index contributed by atoms with van der Waals surface area (Å²) in [5.74, 6) is 0. The summed E-state index contributed by atoms with van der Waals surface area (Å²) in [6.07, 6.45) is 0. The summed E-state index contributed by atoms with van der Waals surface area (Å²) in [7, 11) is 4.02. The predicted octanol–water partition coefficient (Wildman–Crippen LogP) is 1.70. The minimum Gasteiger partial charge on any atom is -0.368 e. The molecule has 1 aliphatic heterocycles. The molecule has 0 bridgehead atoms. The van der Waals surface area contributed by atoms with Gasteiger partial charge in [0.1, 0.15) is 0 Å². The number of benzene rings is 1. The van der Waals surface area contributed by atoms with E-state index in [1.807, 2.05) is 19.0 Å². The number of piperazine rings is 1. The molecule has 5 heteroatoms. The normalized spacial score (nSPS) is 15.3. The summed E-state index contributed by atoms with van der Waals surface area (Å²) in [5.41, 5.74) is 3.89. The molecule has 1 fully saturated rings. The zero-order valence-corrected chi connectivity index (χ0v) is 14.2. The van der Waals surface area contributed by atoms with Crippen molar-refractivity contribution in [3.63, 3.8) is 0 Å². The number of carbonyl (C=O) groups excluding carboxylic acids is 1. The van der Waals surface area contributed by atoms with Crippen LogP contribution in [0.4, 0.5) is 10.5 Å². The molecule has 0 spiro atoms. The highest BCUT2D eigenvalue weighted by Crippen LogP contribution is 2.22. The molecule has 5 nitrogen and oxygen atoms in total. The van der Waals surface area contributed by atoms with Gasteiger partial charge in [-0.2, -0.15) is 0 Å². The first-order valence-corrected chi connectivity index (χ1v) is 7.97. The molecule has 1 aliphatic rings. The highest BCUT2D eigenvalue weighted by Gasteiger charge is 2.21. The SMILES string of the molecule is Cc1ccc(N2CCN(C(=O)NCCN(C)C)CC2)c(C)c1. The molecule has 0 atom stereocenters. The third-order valence-electron chi connectivity index (χ3n) is 4.10. The van der Waals surface area contributed by atoms with E-state index in [2.05, 4.69) is 47.2 Å². The lowest BCUT2D eigenvalue weighted by Gasteiger charge is -2.36. The Morgan fingerprint density at radius 3 is 2.45 bits per heavy atom. The molecule has 0 saturated carbocycles. The van der Waals surface area contributed by atoms with Crippen molar-refractivity contribution in [3.05, 3.63) is 29.3 Å². The van der Waals surface area contributed by atoms with Crippen molar-refractivity contribution in [1.82, 2.24) is 15.1 Å². The van der Waals surface area contributed by atoms with Crippen LogP contribution in [-0.2, 0) is 0 Å². The van der Waals surface area contributed by atoms with Gasteiger partial charge in [0.2, 0.25) is 0 Å². The first-order chi connectivity index (χ1) is 10.5. The second-order valence-corrected chi connectivity index (χ2v) is 6.30. The van der Waals surface area contributed by atoms with E-state index < -0.39 is 0 Å². The second kappa shape index (κ2) is 7.49. The van der Waals surface area contributed by atoms with Gasteiger partial charge < -0.3 is 20.0 Å². The maximum absolute atomic E-state index is 12.1. The number of anilines is 1. The third kappa shape index (κ3) is 4.37. The molecule has 1 N–H and O–H groups in total. The number of urea groups is 1. The number of hydrogen-bond donors (Lipinski definition) is 1. The minimum absolute atomic E-state index is 0.0575. The van der Waals surface area contributed by atoms with E-state index in [0.717, 1.165) is 32.7 Å². The van der Waals surface area contributed by atoms with E-state index in [0.29, 0.717) is 6.54 Å². The summed E-state index contributed by atoms with van der Waals surface area (Å²) < 4.78 is 0. The fraction of sp³-hybridized carbons (Fsp3) is 0.588. The Morgan fingerprint density at radius 1 is 1.18 bits per heavy atom. The molecule has 0 unspecified atom stereocenters. The summed E-state index contributed by atoms with van der Waals surface area (Å²) >= 11 is 0. The molecule has 1 saturated heterocycles. The van der Waals surface area contributed by atoms with E-state index in [-0.39, 0.29) is 6.03 Å². The van der Waals surface area contributed by atoms with Crippen LogP contribution < -0.4 is 10.2 Å². The molecule has 122 valence electrons. The van der Waals surface area contributed by atoms with Gasteiger partial charge in [-0.1, -0.05) is 17.7 Å². The highest BCUT2D eigenvalue weighted by molar-refractivity contribution is 5.74. The molecule has 2 rings (SSSR count). The van der Waals surface area contributed by atoms with Crippen LogP contribution >= 0.6 is 0 Å². The number of carbonyl (C=O) groups is 1. The van der Waals surface area contributed by atoms with Crippen molar-refractivity contribution in [1.29, 1.82) is 0 Å². The Kier molecular flexibility index (Phi) is 5.66. The summed E-state index contributed by atoms with van der Waals surface area (Å²) in [4.78, 5) is 18.5. The fourth-order valence-corrected chi connectivity index (χ4v) is 2.81. The Labute approximate surface area is 133 Å². The molecular weight excluding hydrogens is 276 g/mol. The van der Waals surface area contributed by atoms with E-state index in [4.69, 9.17) is 0 Å². The monoisotopic (exact) mass is 304 g/mol. The standard InChI is InChI=1S/C17H28N4O/c1-14-5-6-16(15(2)13-14)20-9-11-21(12-10-20)17(22)18-7-8-19(3)4/h5-6,13H,7-12H2,1-4H3,(H,18,22). The molecule has 1 aromatic carbocycles. The number of nitrogens with one attached hydrogen (secondary N) is 1. The lowest BCUT2D eigenvalue weighted by atomic mass is 10.1. The van der Waals surface area contributed by atoms with Crippen molar-refractivity contribution < 1.29 is 4.79 Å². The molecule has 0 radical (unpaired) electrons. The van der Waals surface area contributed by atoms with Crippen LogP contribution in [0, 0.1) is 13.8 Å². The van der Waals surface area contributed by atoms with Gasteiger partial charge in [0.25, 0.3) is 0 Å². The van der Waals surface area contributed by atoms with Gasteiger partial charge in [0.15, 0.2) is 0 Å². The van der Waals surface area contributed by atoms with Crippen LogP contribution in [0.15, 0.2) is 18.2 Å². The summed E-state index contributed by atoms with van der Waals surface area (Å²) in [6.45, 7) is 9.19. The van der Waals surface area contributed by atoms with Gasteiger partial charge >= 0.3 is 6.03 Å². The van der Waals surface area contributed by atoms with Crippen LogP contribution in [0.2, 0.25) is 0 Å². The molecule has 0 aromatic heterocycles. The second-order valence-electron chi connectivity index (χ2n) is 6.30. The first kappa shape index (κ1) is 16.6. The van der Waals surface area contributed by atoms with Crippen molar-refractivity contribution in [2.75, 3.05) is 58.3 Å². The van der Waals surface area contributed by atoms with E-state index in [9.17, 15) is 4.79 Å². The minimum atomic E-state index is 0.0575.